The second kappa shape index (κ2) is 5.57. The molecule has 2 N–H and O–H groups in total. The molecule has 0 spiro atoms. The topological polar surface area (TPSA) is 64.9 Å². The van der Waals surface area contributed by atoms with E-state index < -0.39 is 5.54 Å². The second-order valence-corrected chi connectivity index (χ2v) is 6.90. The highest BCUT2D eigenvalue weighted by Gasteiger charge is 2.36. The first-order valence-corrected chi connectivity index (χ1v) is 8.42. The van der Waals surface area contributed by atoms with Gasteiger partial charge in [-0.05, 0) is 53.6 Å². The van der Waals surface area contributed by atoms with Crippen molar-refractivity contribution >= 4 is 23.2 Å². The lowest BCUT2D eigenvalue weighted by Gasteiger charge is -2.17. The maximum atomic E-state index is 6.46. The summed E-state index contributed by atoms with van der Waals surface area (Å²) in [7, 11) is 0. The zero-order chi connectivity index (χ0) is 15.4. The summed E-state index contributed by atoms with van der Waals surface area (Å²) in [5, 5.41) is 6.78. The summed E-state index contributed by atoms with van der Waals surface area (Å²) >= 11 is 0. The number of benzene rings is 2. The maximum absolute atomic E-state index is 6.46. The van der Waals surface area contributed by atoms with Gasteiger partial charge in [0.25, 0.3) is 5.89 Å². The van der Waals surface area contributed by atoms with Crippen LogP contribution in [0.5, 0.6) is 0 Å². The van der Waals surface area contributed by atoms with Crippen LogP contribution in [0.25, 0.3) is 22.2 Å². The van der Waals surface area contributed by atoms with Crippen LogP contribution in [0.15, 0.2) is 34.9 Å². The van der Waals surface area contributed by atoms with Crippen molar-refractivity contribution < 1.29 is 4.52 Å². The quantitative estimate of drug-likeness (QED) is 0.760. The van der Waals surface area contributed by atoms with E-state index in [0.717, 1.165) is 44.1 Å². The van der Waals surface area contributed by atoms with Crippen LogP contribution in [0, 0.1) is 0 Å². The Morgan fingerprint density at radius 3 is 2.54 bits per heavy atom. The van der Waals surface area contributed by atoms with E-state index in [1.807, 2.05) is 0 Å². The normalized spacial score (nSPS) is 18.0. The Balaban J connectivity index is 0.00000146. The van der Waals surface area contributed by atoms with Gasteiger partial charge < -0.3 is 10.3 Å². The molecule has 2 aliphatic carbocycles. The summed E-state index contributed by atoms with van der Waals surface area (Å²) in [6.07, 6.45) is 6.41. The second-order valence-electron chi connectivity index (χ2n) is 6.90. The molecule has 124 valence electrons. The standard InChI is InChI=1S/C19H19N3O.ClH/c20-19(10-1-2-11-19)18-21-17(23-22-18)15-9-8-13-7-6-12-4-3-5-14(15)16(12)13;/h3-5,8-9H,1-2,6-7,10-11,20H2;1H. The van der Waals surface area contributed by atoms with Crippen molar-refractivity contribution in [2.45, 2.75) is 44.1 Å². The largest absolute Gasteiger partial charge is 0.334 e. The minimum atomic E-state index is -0.406. The molecule has 2 aliphatic rings. The number of aryl methyl sites for hydroxylation is 2. The Morgan fingerprint density at radius 1 is 1.00 bits per heavy atom. The molecule has 24 heavy (non-hydrogen) atoms. The lowest BCUT2D eigenvalue weighted by Crippen LogP contribution is -2.34. The predicted octanol–water partition coefficient (Wildman–Crippen LogP) is 4.14. The van der Waals surface area contributed by atoms with Gasteiger partial charge in [0.2, 0.25) is 0 Å². The van der Waals surface area contributed by atoms with Crippen molar-refractivity contribution in [1.82, 2.24) is 10.1 Å². The van der Waals surface area contributed by atoms with Gasteiger partial charge in [-0.15, -0.1) is 12.4 Å². The van der Waals surface area contributed by atoms with E-state index in [0.29, 0.717) is 11.7 Å². The van der Waals surface area contributed by atoms with Gasteiger partial charge in [0.1, 0.15) is 0 Å². The van der Waals surface area contributed by atoms with Crippen LogP contribution in [0.1, 0.15) is 42.6 Å². The van der Waals surface area contributed by atoms with Crippen LogP contribution in [-0.4, -0.2) is 10.1 Å². The van der Waals surface area contributed by atoms with Gasteiger partial charge in [0.05, 0.1) is 5.54 Å². The van der Waals surface area contributed by atoms with E-state index in [4.69, 9.17) is 10.3 Å². The fraction of sp³-hybridized carbons (Fsp3) is 0.368. The lowest BCUT2D eigenvalue weighted by molar-refractivity contribution is 0.373. The van der Waals surface area contributed by atoms with Crippen LogP contribution < -0.4 is 5.73 Å². The van der Waals surface area contributed by atoms with Gasteiger partial charge in [0, 0.05) is 5.56 Å². The number of rotatable bonds is 2. The van der Waals surface area contributed by atoms with Crippen molar-refractivity contribution in [3.8, 4) is 11.5 Å². The monoisotopic (exact) mass is 341 g/mol. The Bertz CT molecular complexity index is 902. The number of nitrogens with two attached hydrogens (primary N) is 1. The number of nitrogens with zero attached hydrogens (tertiary/aromatic N) is 2. The first-order valence-electron chi connectivity index (χ1n) is 8.42. The summed E-state index contributed by atoms with van der Waals surface area (Å²) in [6.45, 7) is 0. The van der Waals surface area contributed by atoms with Gasteiger partial charge in [-0.1, -0.05) is 42.3 Å². The van der Waals surface area contributed by atoms with Crippen LogP contribution >= 0.6 is 12.4 Å². The fourth-order valence-corrected chi connectivity index (χ4v) is 4.20. The minimum Gasteiger partial charge on any atom is -0.334 e. The third-order valence-electron chi connectivity index (χ3n) is 5.47. The molecule has 3 aromatic rings. The van der Waals surface area contributed by atoms with Gasteiger partial charge in [0.15, 0.2) is 5.82 Å². The van der Waals surface area contributed by atoms with Gasteiger partial charge >= 0.3 is 0 Å². The highest BCUT2D eigenvalue weighted by Crippen LogP contribution is 2.38. The molecule has 5 rings (SSSR count). The fourth-order valence-electron chi connectivity index (χ4n) is 4.20. The van der Waals surface area contributed by atoms with E-state index >= 15 is 0 Å². The van der Waals surface area contributed by atoms with Crippen molar-refractivity contribution in [3.63, 3.8) is 0 Å². The summed E-state index contributed by atoms with van der Waals surface area (Å²) in [6, 6.07) is 10.8. The lowest BCUT2D eigenvalue weighted by atomic mass is 9.98. The minimum absolute atomic E-state index is 0. The Labute approximate surface area is 146 Å². The molecule has 0 bridgehead atoms. The van der Waals surface area contributed by atoms with Crippen LogP contribution in [0.3, 0.4) is 0 Å². The molecule has 1 fully saturated rings. The zero-order valence-electron chi connectivity index (χ0n) is 13.4. The first-order chi connectivity index (χ1) is 11.2. The Kier molecular flexibility index (Phi) is 3.62. The average molecular weight is 342 g/mol. The highest BCUT2D eigenvalue weighted by molar-refractivity contribution is 5.99. The van der Waals surface area contributed by atoms with Gasteiger partial charge in [-0.3, -0.25) is 0 Å². The van der Waals surface area contributed by atoms with E-state index in [2.05, 4.69) is 40.5 Å². The van der Waals surface area contributed by atoms with Gasteiger partial charge in [-0.25, -0.2) is 0 Å². The molecule has 5 heteroatoms. The summed E-state index contributed by atoms with van der Waals surface area (Å²) < 4.78 is 5.60. The van der Waals surface area contributed by atoms with Gasteiger partial charge in [-0.2, -0.15) is 4.98 Å². The zero-order valence-corrected chi connectivity index (χ0v) is 14.2. The van der Waals surface area contributed by atoms with E-state index in [1.54, 1.807) is 0 Å². The molecule has 0 amide bonds. The van der Waals surface area contributed by atoms with Crippen molar-refractivity contribution in [3.05, 3.63) is 47.3 Å². The molecule has 0 aliphatic heterocycles. The smallest absolute Gasteiger partial charge is 0.258 e. The molecule has 2 aromatic carbocycles. The molecule has 0 radical (unpaired) electrons. The molecule has 1 heterocycles. The molecular formula is C19H20ClN3O. The van der Waals surface area contributed by atoms with E-state index in [-0.39, 0.29) is 12.4 Å². The third-order valence-corrected chi connectivity index (χ3v) is 5.47. The van der Waals surface area contributed by atoms with Crippen LogP contribution in [0.2, 0.25) is 0 Å². The van der Waals surface area contributed by atoms with Crippen LogP contribution in [-0.2, 0) is 18.4 Å². The number of halogens is 1. The van der Waals surface area contributed by atoms with E-state index in [9.17, 15) is 0 Å². The summed E-state index contributed by atoms with van der Waals surface area (Å²) in [4.78, 5) is 4.66. The summed E-state index contributed by atoms with van der Waals surface area (Å²) in [5.74, 6) is 1.25. The predicted molar refractivity (Wildman–Crippen MR) is 96.2 cm³/mol. The Morgan fingerprint density at radius 2 is 1.75 bits per heavy atom. The number of aromatic nitrogens is 2. The molecule has 4 nitrogen and oxygen atoms in total. The Hall–Kier alpha value is -1.91. The van der Waals surface area contributed by atoms with Crippen molar-refractivity contribution in [2.24, 2.45) is 5.73 Å². The first kappa shape index (κ1) is 15.6. The summed E-state index contributed by atoms with van der Waals surface area (Å²) in [5.41, 5.74) is 9.92. The average Bonchev–Trinajstić information content (AvgIpc) is 3.29. The SMILES string of the molecule is Cl.NC1(c2noc(-c3ccc4c5c(cccc35)CC4)n2)CCCC1. The third kappa shape index (κ3) is 2.17. The maximum Gasteiger partial charge on any atom is 0.258 e. The van der Waals surface area contributed by atoms with Crippen molar-refractivity contribution in [2.75, 3.05) is 0 Å². The molecular weight excluding hydrogens is 322 g/mol. The molecule has 0 atom stereocenters. The molecule has 1 saturated carbocycles. The van der Waals surface area contributed by atoms with Crippen molar-refractivity contribution in [1.29, 1.82) is 0 Å². The van der Waals surface area contributed by atoms with E-state index in [1.165, 1.54) is 21.9 Å². The number of hydrogen-bond donors (Lipinski definition) is 1. The van der Waals surface area contributed by atoms with Crippen LogP contribution in [0.4, 0.5) is 0 Å². The molecule has 0 saturated heterocycles. The molecule has 0 unspecified atom stereocenters. The number of hydrogen-bond acceptors (Lipinski definition) is 4. The molecule has 1 aromatic heterocycles. The highest BCUT2D eigenvalue weighted by atomic mass is 35.5.